The molecule has 2 heterocycles. The minimum atomic E-state index is -4.23. The summed E-state index contributed by atoms with van der Waals surface area (Å²) in [6, 6.07) is 9.81. The number of aromatic nitrogens is 3. The Bertz CT molecular complexity index is 1390. The minimum Gasteiger partial charge on any atom is -0.349 e. The first-order valence-electron chi connectivity index (χ1n) is 8.78. The number of hydrogen-bond acceptors (Lipinski definition) is 4. The van der Waals surface area contributed by atoms with E-state index >= 15 is 0 Å². The van der Waals surface area contributed by atoms with Gasteiger partial charge in [0.25, 0.3) is 15.9 Å². The fraction of sp³-hybridized carbons (Fsp3) is 0.100. The van der Waals surface area contributed by atoms with Gasteiger partial charge in [-0.2, -0.15) is 0 Å². The van der Waals surface area contributed by atoms with Crippen molar-refractivity contribution in [3.63, 3.8) is 0 Å². The van der Waals surface area contributed by atoms with Crippen molar-refractivity contribution in [3.05, 3.63) is 72.2 Å². The van der Waals surface area contributed by atoms with Crippen LogP contribution >= 0.6 is 0 Å². The van der Waals surface area contributed by atoms with Gasteiger partial charge in [0, 0.05) is 31.9 Å². The van der Waals surface area contributed by atoms with Crippen LogP contribution in [-0.2, 0) is 24.1 Å². The largest absolute Gasteiger partial charge is 0.349 e. The van der Waals surface area contributed by atoms with Gasteiger partial charge in [0.2, 0.25) is 0 Å². The molecular weight excluding hydrogens is 414 g/mol. The number of nitrogens with zero attached hydrogens (tertiary/aromatic N) is 3. The topological polar surface area (TPSA) is 86.0 Å². The van der Waals surface area contributed by atoms with E-state index in [1.807, 2.05) is 4.72 Å². The molecule has 154 valence electrons. The molecule has 4 aromatic rings. The summed E-state index contributed by atoms with van der Waals surface area (Å²) in [6.07, 6.45) is 2.91. The summed E-state index contributed by atoms with van der Waals surface area (Å²) in [4.78, 5) is 16.5. The summed E-state index contributed by atoms with van der Waals surface area (Å²) < 4.78 is 58.7. The Hall–Kier alpha value is -3.53. The molecular formula is C20H16F2N4O3S. The van der Waals surface area contributed by atoms with E-state index in [9.17, 15) is 22.0 Å². The zero-order valence-electron chi connectivity index (χ0n) is 15.9. The Morgan fingerprint density at radius 2 is 1.67 bits per heavy atom. The van der Waals surface area contributed by atoms with Gasteiger partial charge in [-0.15, -0.1) is 0 Å². The lowest BCUT2D eigenvalue weighted by atomic mass is 10.2. The number of aryl methyl sites for hydroxylation is 2. The van der Waals surface area contributed by atoms with E-state index in [0.717, 1.165) is 12.1 Å². The van der Waals surface area contributed by atoms with Crippen LogP contribution in [-0.4, -0.2) is 28.4 Å². The first-order valence-corrected chi connectivity index (χ1v) is 10.3. The third-order valence-electron chi connectivity index (χ3n) is 4.67. The molecule has 0 aliphatic rings. The Morgan fingerprint density at radius 3 is 2.37 bits per heavy atom. The second-order valence-corrected chi connectivity index (χ2v) is 8.36. The molecule has 0 atom stereocenters. The Balaban J connectivity index is 1.70. The lowest BCUT2D eigenvalue weighted by molar-refractivity contribution is 0.0977. The standard InChI is InChI=1S/C20H16F2N4O3S/c1-25-10-9-12-5-3-8-16(18(12)25)30(28,29)24-20(27)15-11-26(2)19(23-15)17-13(21)6-4-7-14(17)22/h3-11H,1-2H3,(H,24,27). The predicted octanol–water partition coefficient (Wildman–Crippen LogP) is 2.98. The molecule has 10 heteroatoms. The summed E-state index contributed by atoms with van der Waals surface area (Å²) in [5, 5.41) is 0.697. The van der Waals surface area contributed by atoms with Crippen molar-refractivity contribution >= 4 is 26.8 Å². The fourth-order valence-electron chi connectivity index (χ4n) is 3.28. The smallest absolute Gasteiger partial charge is 0.285 e. The van der Waals surface area contributed by atoms with E-state index in [-0.39, 0.29) is 16.4 Å². The fourth-order valence-corrected chi connectivity index (χ4v) is 4.52. The lowest BCUT2D eigenvalue weighted by Crippen LogP contribution is -2.31. The van der Waals surface area contributed by atoms with Crippen LogP contribution in [0.4, 0.5) is 8.78 Å². The Morgan fingerprint density at radius 1 is 1.00 bits per heavy atom. The van der Waals surface area contributed by atoms with Gasteiger partial charge in [-0.05, 0) is 24.3 Å². The van der Waals surface area contributed by atoms with Crippen LogP contribution in [0.5, 0.6) is 0 Å². The van der Waals surface area contributed by atoms with Crippen molar-refractivity contribution in [1.82, 2.24) is 18.8 Å². The lowest BCUT2D eigenvalue weighted by Gasteiger charge is -2.08. The summed E-state index contributed by atoms with van der Waals surface area (Å²) in [7, 11) is -1.09. The van der Waals surface area contributed by atoms with E-state index in [4.69, 9.17) is 0 Å². The number of sulfonamides is 1. The van der Waals surface area contributed by atoms with Crippen LogP contribution < -0.4 is 4.72 Å². The summed E-state index contributed by atoms with van der Waals surface area (Å²) >= 11 is 0. The number of amides is 1. The number of nitrogens with one attached hydrogen (secondary N) is 1. The van der Waals surface area contributed by atoms with Gasteiger partial charge in [0.05, 0.1) is 11.1 Å². The molecule has 1 amide bonds. The van der Waals surface area contributed by atoms with Gasteiger partial charge in [-0.1, -0.05) is 18.2 Å². The van der Waals surface area contributed by atoms with Crippen LogP contribution in [0.2, 0.25) is 0 Å². The van der Waals surface area contributed by atoms with Gasteiger partial charge in [0.15, 0.2) is 0 Å². The molecule has 2 aromatic carbocycles. The van der Waals surface area contributed by atoms with Crippen molar-refractivity contribution in [3.8, 4) is 11.4 Å². The van der Waals surface area contributed by atoms with Crippen molar-refractivity contribution in [2.24, 2.45) is 14.1 Å². The quantitative estimate of drug-likeness (QED) is 0.539. The summed E-state index contributed by atoms with van der Waals surface area (Å²) in [5.74, 6) is -2.85. The molecule has 0 fully saturated rings. The van der Waals surface area contributed by atoms with Crippen LogP contribution in [0.3, 0.4) is 0 Å². The zero-order chi connectivity index (χ0) is 21.6. The number of benzene rings is 2. The number of fused-ring (bicyclic) bond motifs is 1. The minimum absolute atomic E-state index is 0.0721. The average molecular weight is 430 g/mol. The first kappa shape index (κ1) is 19.8. The molecule has 0 aliphatic carbocycles. The zero-order valence-corrected chi connectivity index (χ0v) is 16.7. The molecule has 0 saturated carbocycles. The van der Waals surface area contributed by atoms with E-state index < -0.39 is 33.1 Å². The maximum Gasteiger partial charge on any atom is 0.285 e. The highest BCUT2D eigenvalue weighted by Crippen LogP contribution is 2.26. The van der Waals surface area contributed by atoms with Crippen molar-refractivity contribution in [2.75, 3.05) is 0 Å². The highest BCUT2D eigenvalue weighted by atomic mass is 32.2. The molecule has 0 spiro atoms. The van der Waals surface area contributed by atoms with Crippen LogP contribution in [0.1, 0.15) is 10.5 Å². The number of rotatable bonds is 4. The van der Waals surface area contributed by atoms with Gasteiger partial charge >= 0.3 is 0 Å². The molecule has 30 heavy (non-hydrogen) atoms. The molecule has 0 unspecified atom stereocenters. The Labute approximate surface area is 170 Å². The number of hydrogen-bond donors (Lipinski definition) is 1. The van der Waals surface area contributed by atoms with E-state index in [1.165, 1.54) is 29.9 Å². The van der Waals surface area contributed by atoms with Gasteiger partial charge in [0.1, 0.15) is 28.0 Å². The molecule has 4 rings (SSSR count). The first-order chi connectivity index (χ1) is 14.2. The van der Waals surface area contributed by atoms with E-state index in [1.54, 1.807) is 36.0 Å². The third-order valence-corrected chi connectivity index (χ3v) is 6.04. The Kier molecular flexibility index (Phi) is 4.65. The van der Waals surface area contributed by atoms with Gasteiger partial charge in [-0.3, -0.25) is 4.79 Å². The molecule has 0 radical (unpaired) electrons. The maximum absolute atomic E-state index is 14.1. The van der Waals surface area contributed by atoms with Crippen LogP contribution in [0, 0.1) is 11.6 Å². The van der Waals surface area contributed by atoms with Crippen molar-refractivity contribution < 1.29 is 22.0 Å². The number of imidazole rings is 1. The SMILES string of the molecule is Cn1cc(C(=O)NS(=O)(=O)c2cccc3ccn(C)c23)nc1-c1c(F)cccc1F. The summed E-state index contributed by atoms with van der Waals surface area (Å²) in [5.41, 5.74) is -0.263. The van der Waals surface area contributed by atoms with Crippen molar-refractivity contribution in [1.29, 1.82) is 0 Å². The second kappa shape index (κ2) is 7.06. The second-order valence-electron chi connectivity index (χ2n) is 6.71. The molecule has 0 aliphatic heterocycles. The molecule has 7 nitrogen and oxygen atoms in total. The maximum atomic E-state index is 14.1. The van der Waals surface area contributed by atoms with Crippen LogP contribution in [0.15, 0.2) is 59.8 Å². The highest BCUT2D eigenvalue weighted by Gasteiger charge is 2.25. The highest BCUT2D eigenvalue weighted by molar-refractivity contribution is 7.90. The molecule has 0 bridgehead atoms. The van der Waals surface area contributed by atoms with Gasteiger partial charge in [-0.25, -0.2) is 26.9 Å². The molecule has 1 N–H and O–H groups in total. The summed E-state index contributed by atoms with van der Waals surface area (Å²) in [6.45, 7) is 0. The van der Waals surface area contributed by atoms with Crippen LogP contribution in [0.25, 0.3) is 22.3 Å². The van der Waals surface area contributed by atoms with E-state index in [0.29, 0.717) is 10.9 Å². The normalized spacial score (nSPS) is 11.7. The number of para-hydroxylation sites is 1. The van der Waals surface area contributed by atoms with Gasteiger partial charge < -0.3 is 9.13 Å². The number of carbonyl (C=O) groups is 1. The predicted molar refractivity (Wildman–Crippen MR) is 106 cm³/mol. The number of carbonyl (C=O) groups excluding carboxylic acids is 1. The third kappa shape index (κ3) is 3.24. The number of halogens is 2. The average Bonchev–Trinajstić information content (AvgIpc) is 3.25. The molecule has 0 saturated heterocycles. The van der Waals surface area contributed by atoms with E-state index in [2.05, 4.69) is 4.98 Å². The molecule has 2 aromatic heterocycles. The van der Waals surface area contributed by atoms with Crippen molar-refractivity contribution in [2.45, 2.75) is 4.90 Å². The monoisotopic (exact) mass is 430 g/mol.